The van der Waals surface area contributed by atoms with Gasteiger partial charge in [-0.05, 0) is 93.9 Å². The number of nitriles is 1. The van der Waals surface area contributed by atoms with E-state index in [1.165, 1.54) is 24.8 Å². The van der Waals surface area contributed by atoms with E-state index in [9.17, 15) is 4.79 Å². The highest BCUT2D eigenvalue weighted by Gasteiger charge is 2.27. The number of piperidine rings is 2. The van der Waals surface area contributed by atoms with E-state index >= 15 is 0 Å². The Morgan fingerprint density at radius 1 is 1.00 bits per heavy atom. The van der Waals surface area contributed by atoms with Crippen LogP contribution in [0.5, 0.6) is 0 Å². The number of benzene rings is 2. The molecule has 2 fully saturated rings. The van der Waals surface area contributed by atoms with Crippen molar-refractivity contribution in [1.82, 2.24) is 20.4 Å². The Morgan fingerprint density at radius 2 is 1.74 bits per heavy atom. The molecular formula is C30H36N6O2. The predicted octanol–water partition coefficient (Wildman–Crippen LogP) is 4.29. The van der Waals surface area contributed by atoms with Crippen molar-refractivity contribution < 1.29 is 9.32 Å². The lowest BCUT2D eigenvalue weighted by atomic mass is 9.90. The fourth-order valence-corrected chi connectivity index (χ4v) is 5.51. The van der Waals surface area contributed by atoms with Crippen molar-refractivity contribution in [1.29, 1.82) is 5.26 Å². The van der Waals surface area contributed by atoms with Gasteiger partial charge in [-0.3, -0.25) is 4.79 Å². The van der Waals surface area contributed by atoms with Gasteiger partial charge in [0.25, 0.3) is 0 Å². The Bertz CT molecular complexity index is 1200. The second-order valence-electron chi connectivity index (χ2n) is 10.5. The second-order valence-corrected chi connectivity index (χ2v) is 10.5. The van der Waals surface area contributed by atoms with Crippen LogP contribution in [0.25, 0.3) is 11.4 Å². The maximum absolute atomic E-state index is 12.7. The summed E-state index contributed by atoms with van der Waals surface area (Å²) in [6.45, 7) is 5.53. The van der Waals surface area contributed by atoms with E-state index in [-0.39, 0.29) is 11.8 Å². The van der Waals surface area contributed by atoms with Gasteiger partial charge in [0.1, 0.15) is 0 Å². The number of likely N-dealkylation sites (tertiary alicyclic amines) is 1. The van der Waals surface area contributed by atoms with Gasteiger partial charge in [-0.2, -0.15) is 10.2 Å². The minimum absolute atomic E-state index is 0.0286. The van der Waals surface area contributed by atoms with Crippen LogP contribution in [0.3, 0.4) is 0 Å². The number of aromatic nitrogens is 2. The summed E-state index contributed by atoms with van der Waals surface area (Å²) in [7, 11) is 0. The molecule has 2 aliphatic heterocycles. The van der Waals surface area contributed by atoms with Crippen LogP contribution in [0.2, 0.25) is 0 Å². The molecular weight excluding hydrogens is 476 g/mol. The summed E-state index contributed by atoms with van der Waals surface area (Å²) in [6.07, 6.45) is 6.25. The monoisotopic (exact) mass is 512 g/mol. The summed E-state index contributed by atoms with van der Waals surface area (Å²) in [6, 6.07) is 20.5. The van der Waals surface area contributed by atoms with Gasteiger partial charge in [0, 0.05) is 31.1 Å². The van der Waals surface area contributed by atoms with Crippen molar-refractivity contribution in [2.45, 2.75) is 38.5 Å². The summed E-state index contributed by atoms with van der Waals surface area (Å²) in [5.41, 5.74) is 2.85. The summed E-state index contributed by atoms with van der Waals surface area (Å²) in [4.78, 5) is 21.8. The number of hydrogen-bond donors (Lipinski definition) is 1. The van der Waals surface area contributed by atoms with Crippen LogP contribution in [0.1, 0.15) is 43.2 Å². The van der Waals surface area contributed by atoms with Gasteiger partial charge in [-0.15, -0.1) is 0 Å². The lowest BCUT2D eigenvalue weighted by Gasteiger charge is -2.32. The van der Waals surface area contributed by atoms with Crippen LogP contribution >= 0.6 is 0 Å². The molecule has 0 spiro atoms. The standard InChI is InChI=1S/C30H36N6O2/c31-22-25-7-9-26(10-8-25)28-33-30(38-34-28)36-19-13-27(14-20-36)29(37)32-15-4-16-35-17-11-24(12-18-35)21-23-5-2-1-3-6-23/h1-3,5-10,24,27H,4,11-21H2,(H,32,37). The topological polar surface area (TPSA) is 98.3 Å². The van der Waals surface area contributed by atoms with Gasteiger partial charge < -0.3 is 19.6 Å². The van der Waals surface area contributed by atoms with Crippen molar-refractivity contribution in [2.24, 2.45) is 11.8 Å². The third kappa shape index (κ3) is 6.78. The molecule has 1 amide bonds. The fourth-order valence-electron chi connectivity index (χ4n) is 5.51. The molecule has 1 aromatic heterocycles. The predicted molar refractivity (Wildman–Crippen MR) is 146 cm³/mol. The van der Waals surface area contributed by atoms with E-state index < -0.39 is 0 Å². The van der Waals surface area contributed by atoms with Gasteiger partial charge in [-0.1, -0.05) is 35.5 Å². The van der Waals surface area contributed by atoms with E-state index in [2.05, 4.69) is 56.8 Å². The van der Waals surface area contributed by atoms with Crippen LogP contribution in [0, 0.1) is 23.2 Å². The van der Waals surface area contributed by atoms with E-state index in [1.54, 1.807) is 12.1 Å². The molecule has 38 heavy (non-hydrogen) atoms. The second kappa shape index (κ2) is 12.7. The molecule has 0 saturated carbocycles. The van der Waals surface area contributed by atoms with Crippen LogP contribution in [0.15, 0.2) is 59.1 Å². The molecule has 2 aromatic carbocycles. The van der Waals surface area contributed by atoms with Crippen molar-refractivity contribution in [3.8, 4) is 17.5 Å². The molecule has 3 aromatic rings. The molecule has 2 aliphatic rings. The highest BCUT2D eigenvalue weighted by Crippen LogP contribution is 2.25. The molecule has 0 unspecified atom stereocenters. The zero-order chi connectivity index (χ0) is 26.2. The number of amides is 1. The number of hydrogen-bond acceptors (Lipinski definition) is 7. The lowest BCUT2D eigenvalue weighted by Crippen LogP contribution is -2.41. The minimum atomic E-state index is 0.0286. The van der Waals surface area contributed by atoms with Gasteiger partial charge in [-0.25, -0.2) is 0 Å². The highest BCUT2D eigenvalue weighted by molar-refractivity contribution is 5.78. The van der Waals surface area contributed by atoms with Crippen LogP contribution in [0.4, 0.5) is 6.01 Å². The molecule has 1 N–H and O–H groups in total. The van der Waals surface area contributed by atoms with Gasteiger partial charge >= 0.3 is 6.01 Å². The van der Waals surface area contributed by atoms with E-state index in [4.69, 9.17) is 9.78 Å². The molecule has 5 rings (SSSR count). The average Bonchev–Trinajstić information content (AvgIpc) is 3.47. The number of carbonyl (C=O) groups excluding carboxylic acids is 1. The van der Waals surface area contributed by atoms with E-state index in [1.807, 2.05) is 17.0 Å². The smallest absolute Gasteiger partial charge is 0.324 e. The summed E-state index contributed by atoms with van der Waals surface area (Å²) < 4.78 is 5.48. The minimum Gasteiger partial charge on any atom is -0.356 e. The molecule has 198 valence electrons. The summed E-state index contributed by atoms with van der Waals surface area (Å²) in [5.74, 6) is 1.48. The quantitative estimate of drug-likeness (QED) is 0.427. The zero-order valence-electron chi connectivity index (χ0n) is 21.9. The lowest BCUT2D eigenvalue weighted by molar-refractivity contribution is -0.125. The largest absolute Gasteiger partial charge is 0.356 e. The first kappa shape index (κ1) is 25.9. The third-order valence-electron chi connectivity index (χ3n) is 7.85. The number of carbonyl (C=O) groups is 1. The highest BCUT2D eigenvalue weighted by atomic mass is 16.5. The van der Waals surface area contributed by atoms with E-state index in [0.29, 0.717) is 30.5 Å². The molecule has 0 radical (unpaired) electrons. The summed E-state index contributed by atoms with van der Waals surface area (Å²) >= 11 is 0. The Balaban J connectivity index is 0.972. The van der Waals surface area contributed by atoms with Crippen LogP contribution < -0.4 is 10.2 Å². The zero-order valence-corrected chi connectivity index (χ0v) is 21.9. The fraction of sp³-hybridized carbons (Fsp3) is 0.467. The number of anilines is 1. The Hall–Kier alpha value is -3.70. The van der Waals surface area contributed by atoms with Crippen LogP contribution in [-0.4, -0.2) is 60.2 Å². The molecule has 0 atom stereocenters. The Kier molecular flexibility index (Phi) is 8.67. The first-order valence-corrected chi connectivity index (χ1v) is 13.8. The number of rotatable bonds is 9. The molecule has 8 heteroatoms. The number of nitrogens with one attached hydrogen (secondary N) is 1. The average molecular weight is 513 g/mol. The Labute approximate surface area is 224 Å². The van der Waals surface area contributed by atoms with Crippen molar-refractivity contribution >= 4 is 11.9 Å². The maximum atomic E-state index is 12.7. The van der Waals surface area contributed by atoms with Crippen molar-refractivity contribution in [2.75, 3.05) is 44.2 Å². The molecule has 0 bridgehead atoms. The summed E-state index contributed by atoms with van der Waals surface area (Å²) in [5, 5.41) is 16.2. The van der Waals surface area contributed by atoms with Gasteiger partial charge in [0.2, 0.25) is 11.7 Å². The van der Waals surface area contributed by atoms with E-state index in [0.717, 1.165) is 56.9 Å². The van der Waals surface area contributed by atoms with Crippen molar-refractivity contribution in [3.05, 3.63) is 65.7 Å². The Morgan fingerprint density at radius 3 is 2.45 bits per heavy atom. The van der Waals surface area contributed by atoms with Gasteiger partial charge in [0.15, 0.2) is 0 Å². The normalized spacial score (nSPS) is 17.3. The third-order valence-corrected chi connectivity index (χ3v) is 7.85. The molecule has 2 saturated heterocycles. The van der Waals surface area contributed by atoms with Crippen molar-refractivity contribution in [3.63, 3.8) is 0 Å². The first-order valence-electron chi connectivity index (χ1n) is 13.8. The van der Waals surface area contributed by atoms with Crippen LogP contribution in [-0.2, 0) is 11.2 Å². The van der Waals surface area contributed by atoms with Gasteiger partial charge in [0.05, 0.1) is 11.6 Å². The SMILES string of the molecule is N#Cc1ccc(-c2noc(N3CCC(C(=O)NCCCN4CCC(Cc5ccccc5)CC4)CC3)n2)cc1. The molecule has 0 aliphatic carbocycles. The maximum Gasteiger partial charge on any atom is 0.324 e. The first-order chi connectivity index (χ1) is 18.7. The molecule has 3 heterocycles. The molecule has 8 nitrogen and oxygen atoms in total. The number of nitrogens with zero attached hydrogens (tertiary/aromatic N) is 5.